The Kier molecular flexibility index (Phi) is 6.49. The van der Waals surface area contributed by atoms with Crippen molar-refractivity contribution in [1.82, 2.24) is 5.32 Å². The van der Waals surface area contributed by atoms with E-state index in [0.717, 1.165) is 11.0 Å². The molecule has 4 heteroatoms. The molecule has 0 saturated carbocycles. The molecule has 0 fully saturated rings. The molecule has 0 unspecified atom stereocenters. The van der Waals surface area contributed by atoms with Gasteiger partial charge in [0.15, 0.2) is 0 Å². The maximum atomic E-state index is 9.30. The summed E-state index contributed by atoms with van der Waals surface area (Å²) in [6.45, 7) is 12.4. The van der Waals surface area contributed by atoms with Crippen LogP contribution < -0.4 is 10.2 Å². The van der Waals surface area contributed by atoms with Crippen LogP contribution in [0.5, 0.6) is 0 Å². The molecule has 114 valence electrons. The SMILES string of the molecule is CC(C)N(CCO)c1cc(Br)ccc1CNC(C)(C)C. The molecule has 0 saturated heterocycles. The second-order valence-electron chi connectivity index (χ2n) is 6.39. The molecule has 1 rings (SSSR count). The second kappa shape index (κ2) is 7.43. The molecule has 0 heterocycles. The fraction of sp³-hybridized carbons (Fsp3) is 0.625. The number of nitrogens with one attached hydrogen (secondary N) is 1. The highest BCUT2D eigenvalue weighted by molar-refractivity contribution is 9.10. The molecular weight excluding hydrogens is 316 g/mol. The summed E-state index contributed by atoms with van der Waals surface area (Å²) in [5.74, 6) is 0. The molecule has 20 heavy (non-hydrogen) atoms. The molecule has 0 aromatic heterocycles. The standard InChI is InChI=1S/C16H27BrN2O/c1-12(2)19(8-9-20)15-10-14(17)7-6-13(15)11-18-16(3,4)5/h6-7,10,12,18,20H,8-9,11H2,1-5H3. The Morgan fingerprint density at radius 1 is 1.30 bits per heavy atom. The number of aliphatic hydroxyl groups is 1. The summed E-state index contributed by atoms with van der Waals surface area (Å²) in [7, 11) is 0. The summed E-state index contributed by atoms with van der Waals surface area (Å²) < 4.78 is 1.07. The molecule has 1 aromatic carbocycles. The third kappa shape index (κ3) is 5.43. The van der Waals surface area contributed by atoms with Crippen molar-refractivity contribution in [2.45, 2.75) is 52.7 Å². The number of halogens is 1. The lowest BCUT2D eigenvalue weighted by molar-refractivity contribution is 0.299. The molecule has 0 radical (unpaired) electrons. The summed E-state index contributed by atoms with van der Waals surface area (Å²) in [5.41, 5.74) is 2.52. The van der Waals surface area contributed by atoms with Crippen molar-refractivity contribution >= 4 is 21.6 Å². The Morgan fingerprint density at radius 2 is 1.95 bits per heavy atom. The zero-order chi connectivity index (χ0) is 15.3. The van der Waals surface area contributed by atoms with Gasteiger partial charge in [0.25, 0.3) is 0 Å². The maximum absolute atomic E-state index is 9.30. The normalized spacial score (nSPS) is 12.0. The third-order valence-electron chi connectivity index (χ3n) is 3.13. The number of hydrogen-bond acceptors (Lipinski definition) is 3. The zero-order valence-electron chi connectivity index (χ0n) is 13.2. The Labute approximate surface area is 131 Å². The Morgan fingerprint density at radius 3 is 2.45 bits per heavy atom. The van der Waals surface area contributed by atoms with Gasteiger partial charge in [0.2, 0.25) is 0 Å². The van der Waals surface area contributed by atoms with Crippen molar-refractivity contribution < 1.29 is 5.11 Å². The quantitative estimate of drug-likeness (QED) is 0.829. The van der Waals surface area contributed by atoms with Gasteiger partial charge in [-0.2, -0.15) is 0 Å². The highest BCUT2D eigenvalue weighted by Gasteiger charge is 2.16. The first-order chi connectivity index (χ1) is 9.24. The molecule has 0 aliphatic heterocycles. The van der Waals surface area contributed by atoms with Crippen molar-refractivity contribution in [1.29, 1.82) is 0 Å². The predicted octanol–water partition coefficient (Wildman–Crippen LogP) is 3.54. The topological polar surface area (TPSA) is 35.5 Å². The van der Waals surface area contributed by atoms with Crippen LogP contribution in [0.1, 0.15) is 40.2 Å². The highest BCUT2D eigenvalue weighted by atomic mass is 79.9. The first-order valence-electron chi connectivity index (χ1n) is 7.15. The van der Waals surface area contributed by atoms with Crippen LogP contribution in [0, 0.1) is 0 Å². The van der Waals surface area contributed by atoms with Gasteiger partial charge in [-0.25, -0.2) is 0 Å². The molecule has 1 aromatic rings. The fourth-order valence-electron chi connectivity index (χ4n) is 2.08. The van der Waals surface area contributed by atoms with E-state index in [4.69, 9.17) is 0 Å². The smallest absolute Gasteiger partial charge is 0.0606 e. The summed E-state index contributed by atoms with van der Waals surface area (Å²) >= 11 is 3.55. The minimum absolute atomic E-state index is 0.0873. The lowest BCUT2D eigenvalue weighted by atomic mass is 10.1. The molecule has 0 bridgehead atoms. The molecule has 0 atom stereocenters. The van der Waals surface area contributed by atoms with Gasteiger partial charge in [0, 0.05) is 34.8 Å². The van der Waals surface area contributed by atoms with Crippen molar-refractivity contribution in [2.24, 2.45) is 0 Å². The highest BCUT2D eigenvalue weighted by Crippen LogP contribution is 2.27. The van der Waals surface area contributed by atoms with E-state index in [2.05, 4.69) is 79.0 Å². The number of benzene rings is 1. The first kappa shape index (κ1) is 17.5. The number of hydrogen-bond donors (Lipinski definition) is 2. The van der Waals surface area contributed by atoms with Crippen LogP contribution in [0.25, 0.3) is 0 Å². The van der Waals surface area contributed by atoms with Gasteiger partial charge in [-0.05, 0) is 52.3 Å². The van der Waals surface area contributed by atoms with E-state index < -0.39 is 0 Å². The van der Waals surface area contributed by atoms with E-state index in [1.807, 2.05) is 0 Å². The number of nitrogens with zero attached hydrogens (tertiary/aromatic N) is 1. The van der Waals surface area contributed by atoms with Crippen LogP contribution in [-0.4, -0.2) is 29.8 Å². The average molecular weight is 343 g/mol. The first-order valence-corrected chi connectivity index (χ1v) is 7.95. The van der Waals surface area contributed by atoms with Gasteiger partial charge in [-0.1, -0.05) is 22.0 Å². The van der Waals surface area contributed by atoms with E-state index in [-0.39, 0.29) is 12.1 Å². The molecule has 3 nitrogen and oxygen atoms in total. The molecular formula is C16H27BrN2O. The van der Waals surface area contributed by atoms with Crippen LogP contribution in [0.4, 0.5) is 5.69 Å². The molecule has 0 spiro atoms. The van der Waals surface area contributed by atoms with Crippen molar-refractivity contribution in [2.75, 3.05) is 18.1 Å². The van der Waals surface area contributed by atoms with Crippen LogP contribution in [0.2, 0.25) is 0 Å². The van der Waals surface area contributed by atoms with Crippen molar-refractivity contribution in [3.8, 4) is 0 Å². The maximum Gasteiger partial charge on any atom is 0.0606 e. The monoisotopic (exact) mass is 342 g/mol. The van der Waals surface area contributed by atoms with Gasteiger partial charge in [0.05, 0.1) is 6.61 Å². The lowest BCUT2D eigenvalue weighted by Gasteiger charge is -2.31. The average Bonchev–Trinajstić information content (AvgIpc) is 2.33. The Hall–Kier alpha value is -0.580. The molecule has 2 N–H and O–H groups in total. The van der Waals surface area contributed by atoms with Crippen LogP contribution in [0.15, 0.2) is 22.7 Å². The fourth-order valence-corrected chi connectivity index (χ4v) is 2.43. The van der Waals surface area contributed by atoms with E-state index >= 15 is 0 Å². The lowest BCUT2D eigenvalue weighted by Crippen LogP contribution is -2.37. The number of anilines is 1. The number of aliphatic hydroxyl groups excluding tert-OH is 1. The van der Waals surface area contributed by atoms with Crippen LogP contribution in [0.3, 0.4) is 0 Å². The van der Waals surface area contributed by atoms with Gasteiger partial charge in [-0.15, -0.1) is 0 Å². The van der Waals surface area contributed by atoms with Gasteiger partial charge < -0.3 is 15.3 Å². The summed E-state index contributed by atoms with van der Waals surface area (Å²) in [5, 5.41) is 12.8. The summed E-state index contributed by atoms with van der Waals surface area (Å²) in [6.07, 6.45) is 0. The van der Waals surface area contributed by atoms with Crippen LogP contribution >= 0.6 is 15.9 Å². The van der Waals surface area contributed by atoms with E-state index in [0.29, 0.717) is 12.6 Å². The molecule has 0 aliphatic rings. The van der Waals surface area contributed by atoms with E-state index in [1.54, 1.807) is 0 Å². The van der Waals surface area contributed by atoms with Gasteiger partial charge in [-0.3, -0.25) is 0 Å². The second-order valence-corrected chi connectivity index (χ2v) is 7.30. The summed E-state index contributed by atoms with van der Waals surface area (Å²) in [6, 6.07) is 6.70. The van der Waals surface area contributed by atoms with Crippen LogP contribution in [-0.2, 0) is 6.54 Å². The minimum Gasteiger partial charge on any atom is -0.395 e. The largest absolute Gasteiger partial charge is 0.395 e. The van der Waals surface area contributed by atoms with E-state index in [9.17, 15) is 5.11 Å². The Balaban J connectivity index is 3.05. The third-order valence-corrected chi connectivity index (χ3v) is 3.62. The van der Waals surface area contributed by atoms with Crippen molar-refractivity contribution in [3.63, 3.8) is 0 Å². The van der Waals surface area contributed by atoms with Crippen molar-refractivity contribution in [3.05, 3.63) is 28.2 Å². The summed E-state index contributed by atoms with van der Waals surface area (Å²) in [4.78, 5) is 2.24. The molecule has 0 aliphatic carbocycles. The number of rotatable bonds is 6. The Bertz CT molecular complexity index is 427. The van der Waals surface area contributed by atoms with Gasteiger partial charge >= 0.3 is 0 Å². The zero-order valence-corrected chi connectivity index (χ0v) is 14.8. The predicted molar refractivity (Wildman–Crippen MR) is 90.3 cm³/mol. The molecule has 0 amide bonds. The van der Waals surface area contributed by atoms with E-state index in [1.165, 1.54) is 11.3 Å². The van der Waals surface area contributed by atoms with Gasteiger partial charge in [0.1, 0.15) is 0 Å². The minimum atomic E-state index is 0.0873.